The Bertz CT molecular complexity index is 812. The molecule has 0 atom stereocenters. The fourth-order valence-electron chi connectivity index (χ4n) is 2.01. The van der Waals surface area contributed by atoms with Gasteiger partial charge in [0.2, 0.25) is 5.91 Å². The second-order valence-electron chi connectivity index (χ2n) is 5.03. The largest absolute Gasteiger partial charge is 0.326 e. The predicted molar refractivity (Wildman–Crippen MR) is 91.8 cm³/mol. The Morgan fingerprint density at radius 1 is 1.17 bits per heavy atom. The standard InChI is InChI=1S/C18H16N2O4/c1-2-18(22)19-15-7-4-6-14(12-15)17(21)10-9-13-5-3-8-16(11-13)20(23)24/h3-12H,2H2,1H3,(H,19,22). The Morgan fingerprint density at radius 3 is 2.62 bits per heavy atom. The summed E-state index contributed by atoms with van der Waals surface area (Å²) in [5.74, 6) is -0.388. The third-order valence-electron chi connectivity index (χ3n) is 3.26. The number of hydrogen-bond acceptors (Lipinski definition) is 4. The smallest absolute Gasteiger partial charge is 0.270 e. The van der Waals surface area contributed by atoms with Gasteiger partial charge in [0.1, 0.15) is 0 Å². The minimum atomic E-state index is -0.487. The fraction of sp³-hybridized carbons (Fsp3) is 0.111. The Balaban J connectivity index is 2.14. The highest BCUT2D eigenvalue weighted by molar-refractivity contribution is 6.07. The van der Waals surface area contributed by atoms with Gasteiger partial charge in [0, 0.05) is 29.8 Å². The van der Waals surface area contributed by atoms with Crippen molar-refractivity contribution in [3.8, 4) is 0 Å². The molecule has 0 heterocycles. The van der Waals surface area contributed by atoms with Crippen molar-refractivity contribution in [3.05, 3.63) is 75.8 Å². The van der Waals surface area contributed by atoms with Crippen LogP contribution in [-0.2, 0) is 4.79 Å². The number of nitro benzene ring substituents is 1. The number of carbonyl (C=O) groups is 2. The van der Waals surface area contributed by atoms with E-state index in [2.05, 4.69) is 5.32 Å². The lowest BCUT2D eigenvalue weighted by Gasteiger charge is -2.04. The summed E-state index contributed by atoms with van der Waals surface area (Å²) in [5.41, 5.74) is 1.50. The second-order valence-corrected chi connectivity index (χ2v) is 5.03. The van der Waals surface area contributed by atoms with E-state index in [1.807, 2.05) is 0 Å². The summed E-state index contributed by atoms with van der Waals surface area (Å²) in [6.07, 6.45) is 3.22. The number of anilines is 1. The molecule has 2 rings (SSSR count). The molecule has 2 aromatic carbocycles. The van der Waals surface area contributed by atoms with Crippen LogP contribution in [0.3, 0.4) is 0 Å². The van der Waals surface area contributed by atoms with Crippen LogP contribution < -0.4 is 5.32 Å². The van der Waals surface area contributed by atoms with Gasteiger partial charge < -0.3 is 5.32 Å². The molecular formula is C18H16N2O4. The maximum absolute atomic E-state index is 12.2. The molecule has 0 aliphatic rings. The van der Waals surface area contributed by atoms with Crippen LogP contribution in [0.25, 0.3) is 6.08 Å². The van der Waals surface area contributed by atoms with E-state index in [1.54, 1.807) is 43.3 Å². The summed E-state index contributed by atoms with van der Waals surface area (Å²) in [7, 11) is 0. The zero-order chi connectivity index (χ0) is 17.5. The van der Waals surface area contributed by atoms with E-state index in [9.17, 15) is 19.7 Å². The molecule has 0 saturated heterocycles. The van der Waals surface area contributed by atoms with Crippen molar-refractivity contribution >= 4 is 29.1 Å². The molecule has 6 heteroatoms. The van der Waals surface area contributed by atoms with Crippen molar-refractivity contribution < 1.29 is 14.5 Å². The van der Waals surface area contributed by atoms with Crippen molar-refractivity contribution in [2.75, 3.05) is 5.32 Å². The SMILES string of the molecule is CCC(=O)Nc1cccc(C(=O)C=Cc2cccc([N+](=O)[O-])c2)c1. The van der Waals surface area contributed by atoms with E-state index in [-0.39, 0.29) is 17.4 Å². The summed E-state index contributed by atoms with van der Waals surface area (Å²) in [6, 6.07) is 12.6. The first-order chi connectivity index (χ1) is 11.5. The van der Waals surface area contributed by atoms with Gasteiger partial charge in [0.25, 0.3) is 5.69 Å². The number of nitrogens with zero attached hydrogens (tertiary/aromatic N) is 1. The average molecular weight is 324 g/mol. The van der Waals surface area contributed by atoms with Gasteiger partial charge in [-0.1, -0.05) is 37.3 Å². The maximum atomic E-state index is 12.2. The summed E-state index contributed by atoms with van der Waals surface area (Å²) in [5, 5.41) is 13.4. The Kier molecular flexibility index (Phi) is 5.57. The average Bonchev–Trinajstić information content (AvgIpc) is 2.60. The lowest BCUT2D eigenvalue weighted by Crippen LogP contribution is -2.09. The van der Waals surface area contributed by atoms with Gasteiger partial charge in [-0.05, 0) is 23.8 Å². The third-order valence-corrected chi connectivity index (χ3v) is 3.26. The Labute approximate surface area is 139 Å². The third kappa shape index (κ3) is 4.61. The summed E-state index contributed by atoms with van der Waals surface area (Å²) >= 11 is 0. The molecular weight excluding hydrogens is 308 g/mol. The van der Waals surface area contributed by atoms with Gasteiger partial charge in [-0.3, -0.25) is 19.7 Å². The molecule has 0 aromatic heterocycles. The number of non-ortho nitro benzene ring substituents is 1. The molecule has 24 heavy (non-hydrogen) atoms. The highest BCUT2D eigenvalue weighted by Gasteiger charge is 2.06. The van der Waals surface area contributed by atoms with Gasteiger partial charge in [-0.15, -0.1) is 0 Å². The zero-order valence-corrected chi connectivity index (χ0v) is 13.1. The molecule has 0 spiro atoms. The molecule has 6 nitrogen and oxygen atoms in total. The summed E-state index contributed by atoms with van der Waals surface area (Å²) in [6.45, 7) is 1.74. The van der Waals surface area contributed by atoms with Crippen LogP contribution >= 0.6 is 0 Å². The molecule has 0 bridgehead atoms. The molecule has 1 N–H and O–H groups in total. The van der Waals surface area contributed by atoms with E-state index >= 15 is 0 Å². The van der Waals surface area contributed by atoms with Crippen molar-refractivity contribution in [1.29, 1.82) is 0 Å². The first kappa shape index (κ1) is 17.1. The van der Waals surface area contributed by atoms with Gasteiger partial charge in [0.05, 0.1) is 4.92 Å². The van der Waals surface area contributed by atoms with Crippen LogP contribution in [0.4, 0.5) is 11.4 Å². The molecule has 0 aliphatic heterocycles. The molecule has 1 amide bonds. The minimum Gasteiger partial charge on any atom is -0.326 e. The number of amides is 1. The Hall–Kier alpha value is -3.28. The van der Waals surface area contributed by atoms with Gasteiger partial charge >= 0.3 is 0 Å². The number of carbonyl (C=O) groups excluding carboxylic acids is 2. The summed E-state index contributed by atoms with van der Waals surface area (Å²) in [4.78, 5) is 33.9. The summed E-state index contributed by atoms with van der Waals surface area (Å²) < 4.78 is 0. The van der Waals surface area contributed by atoms with E-state index in [1.165, 1.54) is 24.3 Å². The van der Waals surface area contributed by atoms with Gasteiger partial charge in [0.15, 0.2) is 5.78 Å². The second kappa shape index (κ2) is 7.82. The molecule has 0 fully saturated rings. The molecule has 0 unspecified atom stereocenters. The van der Waals surface area contributed by atoms with Crippen LogP contribution in [-0.4, -0.2) is 16.6 Å². The van der Waals surface area contributed by atoms with Gasteiger partial charge in [-0.2, -0.15) is 0 Å². The lowest BCUT2D eigenvalue weighted by atomic mass is 10.1. The number of benzene rings is 2. The maximum Gasteiger partial charge on any atom is 0.270 e. The first-order valence-electron chi connectivity index (χ1n) is 7.36. The fourth-order valence-corrected chi connectivity index (χ4v) is 2.01. The Morgan fingerprint density at radius 2 is 1.92 bits per heavy atom. The molecule has 122 valence electrons. The molecule has 0 radical (unpaired) electrons. The van der Waals surface area contributed by atoms with E-state index in [0.717, 1.165) is 0 Å². The number of ketones is 1. The normalized spacial score (nSPS) is 10.5. The quantitative estimate of drug-likeness (QED) is 0.378. The first-order valence-corrected chi connectivity index (χ1v) is 7.36. The highest BCUT2D eigenvalue weighted by Crippen LogP contribution is 2.16. The molecule has 2 aromatic rings. The number of allylic oxidation sites excluding steroid dienone is 1. The van der Waals surface area contributed by atoms with Crippen LogP contribution in [0.1, 0.15) is 29.3 Å². The van der Waals surface area contributed by atoms with E-state index in [0.29, 0.717) is 23.2 Å². The van der Waals surface area contributed by atoms with Crippen LogP contribution in [0.2, 0.25) is 0 Å². The van der Waals surface area contributed by atoms with E-state index < -0.39 is 4.92 Å². The van der Waals surface area contributed by atoms with Crippen LogP contribution in [0.15, 0.2) is 54.6 Å². The van der Waals surface area contributed by atoms with Crippen molar-refractivity contribution in [1.82, 2.24) is 0 Å². The van der Waals surface area contributed by atoms with Crippen LogP contribution in [0.5, 0.6) is 0 Å². The van der Waals surface area contributed by atoms with Crippen molar-refractivity contribution in [3.63, 3.8) is 0 Å². The minimum absolute atomic E-state index is 0.0334. The van der Waals surface area contributed by atoms with Crippen molar-refractivity contribution in [2.45, 2.75) is 13.3 Å². The van der Waals surface area contributed by atoms with E-state index in [4.69, 9.17) is 0 Å². The molecule has 0 aliphatic carbocycles. The number of hydrogen-bond donors (Lipinski definition) is 1. The van der Waals surface area contributed by atoms with Gasteiger partial charge in [-0.25, -0.2) is 0 Å². The lowest BCUT2D eigenvalue weighted by molar-refractivity contribution is -0.384. The molecule has 0 saturated carbocycles. The topological polar surface area (TPSA) is 89.3 Å². The zero-order valence-electron chi connectivity index (χ0n) is 13.1. The predicted octanol–water partition coefficient (Wildman–Crippen LogP) is 3.84. The monoisotopic (exact) mass is 324 g/mol. The van der Waals surface area contributed by atoms with Crippen molar-refractivity contribution in [2.24, 2.45) is 0 Å². The number of nitrogens with one attached hydrogen (secondary N) is 1. The highest BCUT2D eigenvalue weighted by atomic mass is 16.6. The number of rotatable bonds is 6. The van der Waals surface area contributed by atoms with Crippen LogP contribution in [0, 0.1) is 10.1 Å². The number of nitro groups is 1.